The van der Waals surface area contributed by atoms with E-state index in [1.54, 1.807) is 24.3 Å². The van der Waals surface area contributed by atoms with Crippen LogP contribution in [0.4, 0.5) is 14.8 Å². The number of aromatic nitrogens is 2. The summed E-state index contributed by atoms with van der Waals surface area (Å²) in [6.45, 7) is 1.66. The van der Waals surface area contributed by atoms with Crippen molar-refractivity contribution in [1.82, 2.24) is 15.5 Å². The third-order valence-electron chi connectivity index (χ3n) is 4.88. The van der Waals surface area contributed by atoms with Crippen LogP contribution < -0.4 is 10.2 Å². The SMILES string of the molecule is O=C(N[C@H](c1ccccc1)c1nnc(N2CCCCC2)o1)c1cc(F)ccc1F. The molecular formula is C21H20F2N4O2. The third-order valence-corrected chi connectivity index (χ3v) is 4.88. The van der Waals surface area contributed by atoms with Crippen LogP contribution in [0.15, 0.2) is 52.9 Å². The van der Waals surface area contributed by atoms with Crippen molar-refractivity contribution in [1.29, 1.82) is 0 Å². The molecule has 4 rings (SSSR count). The van der Waals surface area contributed by atoms with Crippen molar-refractivity contribution in [3.05, 3.63) is 77.2 Å². The van der Waals surface area contributed by atoms with Crippen LogP contribution in [0.5, 0.6) is 0 Å². The second-order valence-corrected chi connectivity index (χ2v) is 6.91. The monoisotopic (exact) mass is 398 g/mol. The Labute approximate surface area is 166 Å². The van der Waals surface area contributed by atoms with Crippen molar-refractivity contribution in [3.8, 4) is 0 Å². The highest BCUT2D eigenvalue weighted by Gasteiger charge is 2.26. The first kappa shape index (κ1) is 19.0. The number of carbonyl (C=O) groups is 1. The smallest absolute Gasteiger partial charge is 0.318 e. The number of nitrogens with one attached hydrogen (secondary N) is 1. The molecule has 1 fully saturated rings. The first-order valence-corrected chi connectivity index (χ1v) is 9.51. The number of rotatable bonds is 5. The summed E-state index contributed by atoms with van der Waals surface area (Å²) in [7, 11) is 0. The average Bonchev–Trinajstić information content (AvgIpc) is 3.25. The van der Waals surface area contributed by atoms with Gasteiger partial charge in [0, 0.05) is 13.1 Å². The Bertz CT molecular complexity index is 987. The predicted molar refractivity (Wildman–Crippen MR) is 102 cm³/mol. The number of carbonyl (C=O) groups excluding carboxylic acids is 1. The molecular weight excluding hydrogens is 378 g/mol. The Morgan fingerprint density at radius 1 is 1.03 bits per heavy atom. The van der Waals surface area contributed by atoms with Gasteiger partial charge in [-0.05, 0) is 43.0 Å². The third kappa shape index (κ3) is 4.26. The molecule has 6 nitrogen and oxygen atoms in total. The van der Waals surface area contributed by atoms with E-state index in [0.29, 0.717) is 11.6 Å². The highest BCUT2D eigenvalue weighted by Crippen LogP contribution is 2.26. The lowest BCUT2D eigenvalue weighted by atomic mass is 10.1. The standard InChI is InChI=1S/C21H20F2N4O2/c22-15-9-10-17(23)16(13-15)19(28)24-18(14-7-3-1-4-8-14)20-25-26-21(29-20)27-11-5-2-6-12-27/h1,3-4,7-10,13,18H,2,5-6,11-12H2,(H,24,28)/t18-/m1/s1. The molecule has 2 aromatic carbocycles. The van der Waals surface area contributed by atoms with E-state index in [1.807, 2.05) is 11.0 Å². The second kappa shape index (κ2) is 8.38. The van der Waals surface area contributed by atoms with Gasteiger partial charge in [-0.2, -0.15) is 0 Å². The Kier molecular flexibility index (Phi) is 5.50. The lowest BCUT2D eigenvalue weighted by molar-refractivity contribution is 0.0933. The lowest BCUT2D eigenvalue weighted by Crippen LogP contribution is -2.30. The van der Waals surface area contributed by atoms with Gasteiger partial charge in [-0.3, -0.25) is 4.79 Å². The van der Waals surface area contributed by atoms with Crippen LogP contribution in [0.3, 0.4) is 0 Å². The van der Waals surface area contributed by atoms with Crippen LogP contribution in [0.2, 0.25) is 0 Å². The van der Waals surface area contributed by atoms with Crippen LogP contribution in [-0.2, 0) is 0 Å². The largest absolute Gasteiger partial charge is 0.405 e. The van der Waals surface area contributed by atoms with Gasteiger partial charge in [0.05, 0.1) is 5.56 Å². The van der Waals surface area contributed by atoms with E-state index in [0.717, 1.165) is 44.1 Å². The van der Waals surface area contributed by atoms with Crippen molar-refractivity contribution in [2.45, 2.75) is 25.3 Å². The van der Waals surface area contributed by atoms with Gasteiger partial charge in [0.2, 0.25) is 5.89 Å². The van der Waals surface area contributed by atoms with E-state index < -0.39 is 23.6 Å². The van der Waals surface area contributed by atoms with Crippen LogP contribution in [0.25, 0.3) is 0 Å². The predicted octanol–water partition coefficient (Wildman–Crippen LogP) is 3.86. The molecule has 29 heavy (non-hydrogen) atoms. The highest BCUT2D eigenvalue weighted by atomic mass is 19.1. The molecule has 0 aliphatic carbocycles. The zero-order chi connectivity index (χ0) is 20.2. The minimum Gasteiger partial charge on any atom is -0.405 e. The Morgan fingerprint density at radius 3 is 2.55 bits per heavy atom. The molecule has 1 N–H and O–H groups in total. The molecule has 1 saturated heterocycles. The minimum absolute atomic E-state index is 0.182. The maximum Gasteiger partial charge on any atom is 0.318 e. The Hall–Kier alpha value is -3.29. The molecule has 8 heteroatoms. The van der Waals surface area contributed by atoms with Crippen LogP contribution >= 0.6 is 0 Å². The summed E-state index contributed by atoms with van der Waals surface area (Å²) in [6.07, 6.45) is 3.27. The van der Waals surface area contributed by atoms with Gasteiger partial charge < -0.3 is 14.6 Å². The molecule has 1 amide bonds. The fraction of sp³-hybridized carbons (Fsp3) is 0.286. The highest BCUT2D eigenvalue weighted by molar-refractivity contribution is 5.94. The molecule has 0 bridgehead atoms. The number of hydrogen-bond acceptors (Lipinski definition) is 5. The summed E-state index contributed by atoms with van der Waals surface area (Å²) in [4.78, 5) is 14.7. The first-order chi connectivity index (χ1) is 14.1. The van der Waals surface area contributed by atoms with E-state index in [9.17, 15) is 13.6 Å². The summed E-state index contributed by atoms with van der Waals surface area (Å²) in [5.74, 6) is -2.09. The molecule has 1 aliphatic rings. The van der Waals surface area contributed by atoms with Crippen LogP contribution in [0, 0.1) is 11.6 Å². The molecule has 0 spiro atoms. The van der Waals surface area contributed by atoms with Crippen molar-refractivity contribution in [2.24, 2.45) is 0 Å². The number of amides is 1. The molecule has 0 saturated carbocycles. The van der Waals surface area contributed by atoms with Gasteiger partial charge in [0.1, 0.15) is 17.7 Å². The number of benzene rings is 2. The van der Waals surface area contributed by atoms with Gasteiger partial charge in [0.15, 0.2) is 0 Å². The van der Waals surface area contributed by atoms with Crippen molar-refractivity contribution in [3.63, 3.8) is 0 Å². The van der Waals surface area contributed by atoms with Crippen LogP contribution in [0.1, 0.15) is 47.1 Å². The number of anilines is 1. The molecule has 0 unspecified atom stereocenters. The summed E-state index contributed by atoms with van der Waals surface area (Å²) in [6, 6.07) is 11.4. The summed E-state index contributed by atoms with van der Waals surface area (Å²) in [5.41, 5.74) is 0.299. The number of halogens is 2. The maximum absolute atomic E-state index is 14.0. The maximum atomic E-state index is 14.0. The van der Waals surface area contributed by atoms with Crippen molar-refractivity contribution < 1.29 is 18.0 Å². The van der Waals surface area contributed by atoms with E-state index in [-0.39, 0.29) is 11.5 Å². The number of nitrogens with zero attached hydrogens (tertiary/aromatic N) is 3. The summed E-state index contributed by atoms with van der Waals surface area (Å²) < 4.78 is 33.4. The molecule has 150 valence electrons. The average molecular weight is 398 g/mol. The van der Waals surface area contributed by atoms with Gasteiger partial charge in [-0.25, -0.2) is 8.78 Å². The summed E-state index contributed by atoms with van der Waals surface area (Å²) in [5, 5.41) is 10.9. The number of hydrogen-bond donors (Lipinski definition) is 1. The van der Waals surface area contributed by atoms with Gasteiger partial charge in [-0.15, -0.1) is 5.10 Å². The number of piperidine rings is 1. The van der Waals surface area contributed by atoms with Crippen molar-refractivity contribution >= 4 is 11.9 Å². The molecule has 1 aromatic heterocycles. The molecule has 3 aromatic rings. The molecule has 1 atom stereocenters. The first-order valence-electron chi connectivity index (χ1n) is 9.51. The second-order valence-electron chi connectivity index (χ2n) is 6.91. The summed E-state index contributed by atoms with van der Waals surface area (Å²) >= 11 is 0. The molecule has 0 radical (unpaired) electrons. The van der Waals surface area contributed by atoms with Gasteiger partial charge in [0.25, 0.3) is 5.91 Å². The molecule has 1 aliphatic heterocycles. The molecule has 2 heterocycles. The van der Waals surface area contributed by atoms with E-state index >= 15 is 0 Å². The quantitative estimate of drug-likeness (QED) is 0.707. The van der Waals surface area contributed by atoms with Crippen LogP contribution in [-0.4, -0.2) is 29.2 Å². The fourth-order valence-electron chi connectivity index (χ4n) is 3.37. The minimum atomic E-state index is -0.810. The van der Waals surface area contributed by atoms with Gasteiger partial charge in [-0.1, -0.05) is 35.4 Å². The van der Waals surface area contributed by atoms with E-state index in [1.165, 1.54) is 6.42 Å². The zero-order valence-corrected chi connectivity index (χ0v) is 15.6. The van der Waals surface area contributed by atoms with E-state index in [4.69, 9.17) is 4.42 Å². The topological polar surface area (TPSA) is 71.3 Å². The van der Waals surface area contributed by atoms with E-state index in [2.05, 4.69) is 15.5 Å². The lowest BCUT2D eigenvalue weighted by Gasteiger charge is -2.24. The zero-order valence-electron chi connectivity index (χ0n) is 15.6. The van der Waals surface area contributed by atoms with Gasteiger partial charge >= 0.3 is 6.01 Å². The van der Waals surface area contributed by atoms with Crippen molar-refractivity contribution in [2.75, 3.05) is 18.0 Å². The Balaban J connectivity index is 1.63. The Morgan fingerprint density at radius 2 is 1.79 bits per heavy atom. The normalized spacial score (nSPS) is 15.2. The fourth-order valence-corrected chi connectivity index (χ4v) is 3.37.